The Balaban J connectivity index is 1.40. The van der Waals surface area contributed by atoms with Gasteiger partial charge in [-0.15, -0.1) is 0 Å². The molecule has 130 valence electrons. The van der Waals surface area contributed by atoms with Gasteiger partial charge in [0.2, 0.25) is 0 Å². The van der Waals surface area contributed by atoms with Gasteiger partial charge in [-0.05, 0) is 77.2 Å². The highest BCUT2D eigenvalue weighted by Gasteiger charge is 2.20. The van der Waals surface area contributed by atoms with Gasteiger partial charge in [-0.25, -0.2) is 0 Å². The number of fused-ring (bicyclic) bond motifs is 3. The van der Waals surface area contributed by atoms with Gasteiger partial charge in [-0.1, -0.05) is 48.5 Å². The van der Waals surface area contributed by atoms with E-state index in [1.54, 1.807) is 0 Å². The first-order chi connectivity index (χ1) is 13.3. The average Bonchev–Trinajstić information content (AvgIpc) is 3.06. The Morgan fingerprint density at radius 3 is 1.33 bits per heavy atom. The van der Waals surface area contributed by atoms with Gasteiger partial charge in [0.1, 0.15) is 23.0 Å². The molecule has 0 N–H and O–H groups in total. The molecule has 0 bridgehead atoms. The van der Waals surface area contributed by atoms with E-state index in [0.29, 0.717) is 0 Å². The third-order valence-corrected chi connectivity index (χ3v) is 4.78. The fourth-order valence-corrected chi connectivity index (χ4v) is 3.54. The third kappa shape index (κ3) is 3.18. The summed E-state index contributed by atoms with van der Waals surface area (Å²) in [5.41, 5.74) is 5.12. The summed E-state index contributed by atoms with van der Waals surface area (Å²) in [6.07, 6.45) is 0.892. The van der Waals surface area contributed by atoms with Crippen molar-refractivity contribution in [3.63, 3.8) is 0 Å². The van der Waals surface area contributed by atoms with Gasteiger partial charge < -0.3 is 9.47 Å². The van der Waals surface area contributed by atoms with Crippen LogP contribution in [0.2, 0.25) is 0 Å². The smallest absolute Gasteiger partial charge is 0.127 e. The summed E-state index contributed by atoms with van der Waals surface area (Å²) in [6, 6.07) is 32.4. The molecule has 0 saturated carbocycles. The van der Waals surface area contributed by atoms with Gasteiger partial charge in [0.15, 0.2) is 0 Å². The first-order valence-electron chi connectivity index (χ1n) is 9.07. The van der Waals surface area contributed by atoms with Crippen LogP contribution < -0.4 is 9.47 Å². The molecule has 0 radical (unpaired) electrons. The van der Waals surface area contributed by atoms with Crippen molar-refractivity contribution in [1.82, 2.24) is 0 Å². The fourth-order valence-electron chi connectivity index (χ4n) is 3.54. The van der Waals surface area contributed by atoms with Gasteiger partial charge in [-0.2, -0.15) is 0 Å². The van der Waals surface area contributed by atoms with Gasteiger partial charge in [0.25, 0.3) is 0 Å². The molecule has 0 spiro atoms. The molecule has 2 nitrogen and oxygen atoms in total. The molecule has 2 heteroatoms. The number of benzene rings is 4. The van der Waals surface area contributed by atoms with Crippen molar-refractivity contribution in [3.8, 4) is 34.1 Å². The minimum atomic E-state index is 0.853. The highest BCUT2D eigenvalue weighted by molar-refractivity contribution is 5.78. The quantitative estimate of drug-likeness (QED) is 0.353. The summed E-state index contributed by atoms with van der Waals surface area (Å²) in [6.45, 7) is 0. The van der Waals surface area contributed by atoms with E-state index in [1.165, 1.54) is 22.3 Å². The van der Waals surface area contributed by atoms with Crippen LogP contribution in [0.5, 0.6) is 23.0 Å². The maximum Gasteiger partial charge on any atom is 0.127 e. The summed E-state index contributed by atoms with van der Waals surface area (Å²) < 4.78 is 12.0. The van der Waals surface area contributed by atoms with E-state index in [4.69, 9.17) is 9.47 Å². The van der Waals surface area contributed by atoms with Gasteiger partial charge >= 0.3 is 0 Å². The van der Waals surface area contributed by atoms with Crippen molar-refractivity contribution in [2.75, 3.05) is 0 Å². The van der Waals surface area contributed by atoms with Crippen LogP contribution in [0.4, 0.5) is 0 Å². The second-order valence-electron chi connectivity index (χ2n) is 6.64. The number of hydrogen-bond donors (Lipinski definition) is 0. The fraction of sp³-hybridized carbons (Fsp3) is 0.0400. The van der Waals surface area contributed by atoms with E-state index in [0.717, 1.165) is 29.4 Å². The molecular formula is C25H18O2. The first kappa shape index (κ1) is 15.7. The Labute approximate surface area is 158 Å². The molecule has 0 unspecified atom stereocenters. The van der Waals surface area contributed by atoms with Gasteiger partial charge in [0, 0.05) is 0 Å². The first-order valence-corrected chi connectivity index (χ1v) is 9.07. The maximum absolute atomic E-state index is 5.98. The lowest BCUT2D eigenvalue weighted by Crippen LogP contribution is -1.87. The summed E-state index contributed by atoms with van der Waals surface area (Å²) in [4.78, 5) is 0. The minimum Gasteiger partial charge on any atom is -0.457 e. The molecule has 0 atom stereocenters. The largest absolute Gasteiger partial charge is 0.457 e. The van der Waals surface area contributed by atoms with Crippen LogP contribution in [0, 0.1) is 0 Å². The van der Waals surface area contributed by atoms with Crippen LogP contribution >= 0.6 is 0 Å². The van der Waals surface area contributed by atoms with Crippen LogP contribution in [0.25, 0.3) is 11.1 Å². The van der Waals surface area contributed by atoms with Crippen LogP contribution in [-0.4, -0.2) is 0 Å². The number of rotatable bonds is 4. The Bertz CT molecular complexity index is 997. The molecule has 0 amide bonds. The van der Waals surface area contributed by atoms with E-state index in [1.807, 2.05) is 72.8 Å². The van der Waals surface area contributed by atoms with E-state index in [2.05, 4.69) is 24.3 Å². The van der Waals surface area contributed by atoms with E-state index in [-0.39, 0.29) is 0 Å². The Morgan fingerprint density at radius 1 is 0.444 bits per heavy atom. The molecule has 0 saturated heterocycles. The zero-order valence-corrected chi connectivity index (χ0v) is 14.8. The number of ether oxygens (including phenoxy) is 2. The lowest BCUT2D eigenvalue weighted by Gasteiger charge is -2.08. The van der Waals surface area contributed by atoms with Crippen molar-refractivity contribution < 1.29 is 9.47 Å². The van der Waals surface area contributed by atoms with Crippen molar-refractivity contribution in [2.45, 2.75) is 6.42 Å². The molecule has 0 aromatic heterocycles. The molecule has 1 aliphatic carbocycles. The monoisotopic (exact) mass is 350 g/mol. The molecule has 4 aromatic rings. The van der Waals surface area contributed by atoms with Crippen LogP contribution in [0.15, 0.2) is 97.1 Å². The zero-order valence-electron chi connectivity index (χ0n) is 14.8. The summed E-state index contributed by atoms with van der Waals surface area (Å²) >= 11 is 0. The third-order valence-electron chi connectivity index (χ3n) is 4.78. The Morgan fingerprint density at radius 2 is 0.889 bits per heavy atom. The van der Waals surface area contributed by atoms with Crippen LogP contribution in [0.3, 0.4) is 0 Å². The molecule has 0 aliphatic heterocycles. The van der Waals surface area contributed by atoms with E-state index < -0.39 is 0 Å². The topological polar surface area (TPSA) is 18.5 Å². The molecule has 5 rings (SSSR count). The van der Waals surface area contributed by atoms with Crippen LogP contribution in [-0.2, 0) is 6.42 Å². The molecule has 27 heavy (non-hydrogen) atoms. The average molecular weight is 350 g/mol. The summed E-state index contributed by atoms with van der Waals surface area (Å²) in [5.74, 6) is 3.44. The molecular weight excluding hydrogens is 332 g/mol. The van der Waals surface area contributed by atoms with Gasteiger partial charge in [-0.3, -0.25) is 0 Å². The minimum absolute atomic E-state index is 0.853. The predicted octanol–water partition coefficient (Wildman–Crippen LogP) is 6.84. The highest BCUT2D eigenvalue weighted by Crippen LogP contribution is 2.41. The van der Waals surface area contributed by atoms with Gasteiger partial charge in [0.05, 0.1) is 0 Å². The number of hydrogen-bond acceptors (Lipinski definition) is 2. The predicted molar refractivity (Wildman–Crippen MR) is 108 cm³/mol. The normalized spacial score (nSPS) is 11.6. The maximum atomic E-state index is 5.98. The molecule has 4 aromatic carbocycles. The van der Waals surface area contributed by atoms with Crippen molar-refractivity contribution in [3.05, 3.63) is 108 Å². The SMILES string of the molecule is c1ccc(Oc2ccc3c(c2)Cc2cc(Oc4ccccc4)ccc2-3)cc1. The van der Waals surface area contributed by atoms with Crippen molar-refractivity contribution in [2.24, 2.45) is 0 Å². The second-order valence-corrected chi connectivity index (χ2v) is 6.64. The van der Waals surface area contributed by atoms with E-state index in [9.17, 15) is 0 Å². The standard InChI is InChI=1S/C25H18O2/c1-3-7-20(8-4-1)26-22-11-13-24-18(16-22)15-19-17-23(12-14-25(19)24)27-21-9-5-2-6-10-21/h1-14,16-17H,15H2. The van der Waals surface area contributed by atoms with Crippen molar-refractivity contribution >= 4 is 0 Å². The number of para-hydroxylation sites is 2. The summed E-state index contributed by atoms with van der Waals surface area (Å²) in [5, 5.41) is 0. The van der Waals surface area contributed by atoms with Crippen LogP contribution in [0.1, 0.15) is 11.1 Å². The Kier molecular flexibility index (Phi) is 3.87. The van der Waals surface area contributed by atoms with E-state index >= 15 is 0 Å². The molecule has 1 aliphatic rings. The lowest BCUT2D eigenvalue weighted by atomic mass is 10.1. The van der Waals surface area contributed by atoms with Crippen molar-refractivity contribution in [1.29, 1.82) is 0 Å². The summed E-state index contributed by atoms with van der Waals surface area (Å²) in [7, 11) is 0. The lowest BCUT2D eigenvalue weighted by molar-refractivity contribution is 0.482. The molecule has 0 heterocycles. The second kappa shape index (κ2) is 6.65. The Hall–Kier alpha value is -3.52. The molecule has 0 fully saturated rings. The zero-order chi connectivity index (χ0) is 18.1. The highest BCUT2D eigenvalue weighted by atomic mass is 16.5.